The molecule has 1 aromatic heterocycles. The van der Waals surface area contributed by atoms with Crippen LogP contribution in [0.25, 0.3) is 0 Å². The Bertz CT molecular complexity index is 468. The Hall–Kier alpha value is -1.81. The second kappa shape index (κ2) is 6.21. The van der Waals surface area contributed by atoms with Crippen molar-refractivity contribution in [3.63, 3.8) is 0 Å². The van der Waals surface area contributed by atoms with E-state index in [1.807, 2.05) is 44.7 Å². The zero-order valence-corrected chi connectivity index (χ0v) is 10.8. The average molecular weight is 245 g/mol. The van der Waals surface area contributed by atoms with Gasteiger partial charge < -0.3 is 14.6 Å². The van der Waals surface area contributed by atoms with Gasteiger partial charge in [0.25, 0.3) is 0 Å². The van der Waals surface area contributed by atoms with Crippen LogP contribution in [-0.4, -0.2) is 23.2 Å². The van der Waals surface area contributed by atoms with Crippen LogP contribution in [0.3, 0.4) is 0 Å². The summed E-state index contributed by atoms with van der Waals surface area (Å²) in [6.45, 7) is 3.51. The maximum atomic E-state index is 5.67. The minimum absolute atomic E-state index is 0.210. The van der Waals surface area contributed by atoms with E-state index in [9.17, 15) is 0 Å². The summed E-state index contributed by atoms with van der Waals surface area (Å²) >= 11 is 0. The second-order valence-electron chi connectivity index (χ2n) is 4.07. The molecule has 0 aliphatic rings. The van der Waals surface area contributed by atoms with Crippen LogP contribution >= 0.6 is 0 Å². The predicted molar refractivity (Wildman–Crippen MR) is 71.6 cm³/mol. The molecule has 2 rings (SSSR count). The van der Waals surface area contributed by atoms with E-state index >= 15 is 0 Å². The number of rotatable bonds is 6. The Morgan fingerprint density at radius 3 is 2.89 bits per heavy atom. The molecule has 0 saturated carbocycles. The number of benzene rings is 1. The van der Waals surface area contributed by atoms with Gasteiger partial charge in [-0.3, -0.25) is 0 Å². The van der Waals surface area contributed by atoms with Crippen LogP contribution in [0.5, 0.6) is 5.75 Å². The van der Waals surface area contributed by atoms with Crippen LogP contribution in [0, 0.1) is 0 Å². The van der Waals surface area contributed by atoms with E-state index in [1.165, 1.54) is 5.56 Å². The number of aromatic nitrogens is 2. The molecule has 0 spiro atoms. The van der Waals surface area contributed by atoms with E-state index in [-0.39, 0.29) is 6.04 Å². The molecule has 0 bridgehead atoms. The molecule has 0 fully saturated rings. The molecule has 1 unspecified atom stereocenters. The van der Waals surface area contributed by atoms with Gasteiger partial charge in [-0.05, 0) is 20.0 Å². The maximum Gasteiger partial charge on any atom is 0.124 e. The number of ether oxygens (including phenoxy) is 1. The van der Waals surface area contributed by atoms with Gasteiger partial charge in [0.2, 0.25) is 0 Å². The fraction of sp³-hybridized carbons (Fsp3) is 0.357. The summed E-state index contributed by atoms with van der Waals surface area (Å²) in [6, 6.07) is 8.36. The van der Waals surface area contributed by atoms with Crippen molar-refractivity contribution in [3.05, 3.63) is 48.5 Å². The zero-order chi connectivity index (χ0) is 12.8. The van der Waals surface area contributed by atoms with Crippen molar-refractivity contribution in [1.29, 1.82) is 0 Å². The molecule has 4 heteroatoms. The number of hydrogen-bond acceptors (Lipinski definition) is 3. The highest BCUT2D eigenvalue weighted by Gasteiger charge is 2.14. The molecule has 18 heavy (non-hydrogen) atoms. The highest BCUT2D eigenvalue weighted by atomic mass is 16.5. The number of para-hydroxylation sites is 1. The molecular weight excluding hydrogens is 226 g/mol. The predicted octanol–water partition coefficient (Wildman–Crippen LogP) is 2.24. The molecule has 1 aromatic carbocycles. The van der Waals surface area contributed by atoms with Gasteiger partial charge in [-0.2, -0.15) is 0 Å². The topological polar surface area (TPSA) is 39.1 Å². The summed E-state index contributed by atoms with van der Waals surface area (Å²) in [5.41, 5.74) is 1.18. The fourth-order valence-corrected chi connectivity index (χ4v) is 2.01. The minimum Gasteiger partial charge on any atom is -0.494 e. The van der Waals surface area contributed by atoms with Crippen molar-refractivity contribution < 1.29 is 4.74 Å². The zero-order valence-electron chi connectivity index (χ0n) is 10.8. The molecule has 2 aromatic rings. The van der Waals surface area contributed by atoms with E-state index in [0.717, 1.165) is 12.3 Å². The fourth-order valence-electron chi connectivity index (χ4n) is 2.01. The van der Waals surface area contributed by atoms with Gasteiger partial charge in [0.05, 0.1) is 19.0 Å². The van der Waals surface area contributed by atoms with E-state index in [0.29, 0.717) is 6.61 Å². The van der Waals surface area contributed by atoms with Crippen LogP contribution in [0.1, 0.15) is 18.5 Å². The lowest BCUT2D eigenvalue weighted by Crippen LogP contribution is -2.22. The summed E-state index contributed by atoms with van der Waals surface area (Å²) in [5.74, 6) is 0.944. The number of hydrogen-bond donors (Lipinski definition) is 1. The summed E-state index contributed by atoms with van der Waals surface area (Å²) in [4.78, 5) is 4.07. The Morgan fingerprint density at radius 1 is 1.39 bits per heavy atom. The smallest absolute Gasteiger partial charge is 0.124 e. The highest BCUT2D eigenvalue weighted by Crippen LogP contribution is 2.25. The highest BCUT2D eigenvalue weighted by molar-refractivity contribution is 5.35. The first-order valence-corrected chi connectivity index (χ1v) is 6.20. The lowest BCUT2D eigenvalue weighted by molar-refractivity contribution is 0.329. The first-order valence-electron chi connectivity index (χ1n) is 6.20. The molecule has 0 saturated heterocycles. The summed E-state index contributed by atoms with van der Waals surface area (Å²) in [5, 5.41) is 3.33. The lowest BCUT2D eigenvalue weighted by atomic mass is 10.1. The molecule has 0 aliphatic carbocycles. The molecular formula is C14H19N3O. The largest absolute Gasteiger partial charge is 0.494 e. The first kappa shape index (κ1) is 12.6. The molecule has 96 valence electrons. The monoisotopic (exact) mass is 245 g/mol. The third kappa shape index (κ3) is 2.90. The van der Waals surface area contributed by atoms with Crippen molar-refractivity contribution in [2.24, 2.45) is 0 Å². The van der Waals surface area contributed by atoms with E-state index in [2.05, 4.69) is 20.9 Å². The van der Waals surface area contributed by atoms with E-state index in [4.69, 9.17) is 4.74 Å². The Kier molecular flexibility index (Phi) is 4.36. The Labute approximate surface area is 108 Å². The maximum absolute atomic E-state index is 5.67. The van der Waals surface area contributed by atoms with Crippen molar-refractivity contribution in [1.82, 2.24) is 14.9 Å². The number of imidazole rings is 1. The van der Waals surface area contributed by atoms with Gasteiger partial charge in [0.1, 0.15) is 5.75 Å². The quantitative estimate of drug-likeness (QED) is 0.848. The normalized spacial score (nSPS) is 12.3. The first-order chi connectivity index (χ1) is 8.85. The van der Waals surface area contributed by atoms with Crippen molar-refractivity contribution in [2.75, 3.05) is 13.7 Å². The molecule has 1 N–H and O–H groups in total. The van der Waals surface area contributed by atoms with Crippen LogP contribution in [-0.2, 0) is 6.54 Å². The van der Waals surface area contributed by atoms with Gasteiger partial charge in [-0.25, -0.2) is 4.98 Å². The van der Waals surface area contributed by atoms with Gasteiger partial charge in [-0.15, -0.1) is 0 Å². The van der Waals surface area contributed by atoms with Crippen LogP contribution in [0.2, 0.25) is 0 Å². The average Bonchev–Trinajstić information content (AvgIpc) is 2.90. The number of likely N-dealkylation sites (N-methyl/N-ethyl adjacent to an activating group) is 1. The van der Waals surface area contributed by atoms with Gasteiger partial charge in [-0.1, -0.05) is 18.2 Å². The standard InChI is InChI=1S/C14H19N3O/c1-3-18-14-7-5-4-6-12(14)13(15-2)10-17-9-8-16-11-17/h4-9,11,13,15H,3,10H2,1-2H3. The van der Waals surface area contributed by atoms with Crippen molar-refractivity contribution in [3.8, 4) is 5.75 Å². The van der Waals surface area contributed by atoms with Crippen molar-refractivity contribution in [2.45, 2.75) is 19.5 Å². The summed E-state index contributed by atoms with van der Waals surface area (Å²) < 4.78 is 7.73. The van der Waals surface area contributed by atoms with E-state index < -0.39 is 0 Å². The summed E-state index contributed by atoms with van der Waals surface area (Å²) in [6.07, 6.45) is 5.59. The third-order valence-corrected chi connectivity index (χ3v) is 2.90. The summed E-state index contributed by atoms with van der Waals surface area (Å²) in [7, 11) is 1.96. The van der Waals surface area contributed by atoms with Gasteiger partial charge in [0.15, 0.2) is 0 Å². The minimum atomic E-state index is 0.210. The molecule has 1 atom stereocenters. The van der Waals surface area contributed by atoms with Gasteiger partial charge >= 0.3 is 0 Å². The Morgan fingerprint density at radius 2 is 2.22 bits per heavy atom. The second-order valence-corrected chi connectivity index (χ2v) is 4.07. The van der Waals surface area contributed by atoms with Crippen LogP contribution < -0.4 is 10.1 Å². The van der Waals surface area contributed by atoms with Gasteiger partial charge in [0, 0.05) is 24.5 Å². The molecule has 4 nitrogen and oxygen atoms in total. The molecule has 0 radical (unpaired) electrons. The van der Waals surface area contributed by atoms with Crippen LogP contribution in [0.15, 0.2) is 43.0 Å². The van der Waals surface area contributed by atoms with Crippen molar-refractivity contribution >= 4 is 0 Å². The Balaban J connectivity index is 2.21. The molecule has 1 heterocycles. The lowest BCUT2D eigenvalue weighted by Gasteiger charge is -2.20. The third-order valence-electron chi connectivity index (χ3n) is 2.90. The number of nitrogens with one attached hydrogen (secondary N) is 1. The van der Waals surface area contributed by atoms with Crippen LogP contribution in [0.4, 0.5) is 0 Å². The molecule has 0 amide bonds. The van der Waals surface area contributed by atoms with E-state index in [1.54, 1.807) is 6.20 Å². The SMILES string of the molecule is CCOc1ccccc1C(Cn1ccnc1)NC. The molecule has 0 aliphatic heterocycles. The number of nitrogens with zero attached hydrogens (tertiary/aromatic N) is 2.